The zero-order chi connectivity index (χ0) is 20.4. The maximum absolute atomic E-state index is 6.32. The highest BCUT2D eigenvalue weighted by Gasteiger charge is 2.41. The number of ether oxygens (including phenoxy) is 1. The molecule has 0 saturated carbocycles. The molecule has 2 atom stereocenters. The molecule has 0 N–H and O–H groups in total. The van der Waals surface area contributed by atoms with E-state index in [-0.39, 0.29) is 5.92 Å². The fourth-order valence-electron chi connectivity index (χ4n) is 4.82. The highest BCUT2D eigenvalue weighted by atomic mass is 32.2. The van der Waals surface area contributed by atoms with Crippen LogP contribution in [0.4, 0.5) is 0 Å². The Balaban J connectivity index is 1.55. The van der Waals surface area contributed by atoms with Crippen LogP contribution in [0.5, 0.6) is 5.88 Å². The van der Waals surface area contributed by atoms with Crippen LogP contribution in [-0.2, 0) is 0 Å². The quantitative estimate of drug-likeness (QED) is 0.408. The molecule has 4 aromatic rings. The Kier molecular flexibility index (Phi) is 3.97. The summed E-state index contributed by atoms with van der Waals surface area (Å²) < 4.78 is 8.29. The molecule has 0 unspecified atom stereocenters. The Morgan fingerprint density at radius 3 is 2.73 bits per heavy atom. The van der Waals surface area contributed by atoms with Gasteiger partial charge in [-0.1, -0.05) is 35.9 Å². The van der Waals surface area contributed by atoms with E-state index in [1.54, 1.807) is 0 Å². The van der Waals surface area contributed by atoms with Gasteiger partial charge in [-0.05, 0) is 50.1 Å². The molecule has 0 aliphatic carbocycles. The second kappa shape index (κ2) is 6.61. The molecule has 0 saturated heterocycles. The van der Waals surface area contributed by atoms with Crippen LogP contribution >= 0.6 is 11.8 Å². The summed E-state index contributed by atoms with van der Waals surface area (Å²) >= 11 is 1.86. The van der Waals surface area contributed by atoms with Gasteiger partial charge in [0.1, 0.15) is 5.03 Å². The lowest BCUT2D eigenvalue weighted by Gasteiger charge is -2.36. The van der Waals surface area contributed by atoms with E-state index in [4.69, 9.17) is 14.8 Å². The number of aromatic nitrogens is 3. The van der Waals surface area contributed by atoms with Crippen LogP contribution in [0.25, 0.3) is 16.6 Å². The first-order valence-electron chi connectivity index (χ1n) is 10.4. The van der Waals surface area contributed by atoms with Crippen molar-refractivity contribution in [1.29, 1.82) is 0 Å². The van der Waals surface area contributed by atoms with Gasteiger partial charge in [0, 0.05) is 28.5 Å². The number of para-hydroxylation sites is 1. The Hall–Kier alpha value is -2.79. The molecule has 2 aliphatic heterocycles. The molecule has 6 rings (SSSR count). The standard InChI is InChI=1S/C25H23N3OS/c1-14-7-9-19(10-8-14)28-25-21(16(3)27-28)22-18(12-29-25)13-30-24-20(22)11-17-6-4-5-15(2)23(17)26-24/h4-11,18,22H,12-13H2,1-3H3/t18-,22-/m0/s1. The Bertz CT molecular complexity index is 1290. The van der Waals surface area contributed by atoms with Crippen LogP contribution in [0.15, 0.2) is 53.6 Å². The predicted octanol–water partition coefficient (Wildman–Crippen LogP) is 5.59. The molecule has 4 heterocycles. The molecule has 5 heteroatoms. The molecular weight excluding hydrogens is 390 g/mol. The monoisotopic (exact) mass is 413 g/mol. The summed E-state index contributed by atoms with van der Waals surface area (Å²) in [5.74, 6) is 2.63. The van der Waals surface area contributed by atoms with Crippen molar-refractivity contribution in [3.8, 4) is 11.6 Å². The van der Waals surface area contributed by atoms with Crippen molar-refractivity contribution in [2.75, 3.05) is 12.4 Å². The first-order chi connectivity index (χ1) is 14.6. The number of benzene rings is 2. The number of pyridine rings is 1. The van der Waals surface area contributed by atoms with Crippen molar-refractivity contribution in [3.05, 3.63) is 76.5 Å². The fourth-order valence-corrected chi connectivity index (χ4v) is 5.99. The SMILES string of the molecule is Cc1ccc(-n2nc(C)c3c2OC[C@H]2CSc4nc5c(C)cccc5cc4[C@@H]32)cc1. The van der Waals surface area contributed by atoms with E-state index >= 15 is 0 Å². The van der Waals surface area contributed by atoms with Crippen molar-refractivity contribution >= 4 is 22.7 Å². The molecule has 30 heavy (non-hydrogen) atoms. The van der Waals surface area contributed by atoms with Crippen LogP contribution in [0.3, 0.4) is 0 Å². The number of thioether (sulfide) groups is 1. The van der Waals surface area contributed by atoms with Crippen LogP contribution in [-0.4, -0.2) is 27.1 Å². The maximum Gasteiger partial charge on any atom is 0.220 e. The average Bonchev–Trinajstić information content (AvgIpc) is 3.10. The third-order valence-corrected chi connectivity index (χ3v) is 7.56. The number of nitrogens with zero attached hydrogens (tertiary/aromatic N) is 3. The summed E-state index contributed by atoms with van der Waals surface area (Å²) in [5, 5.41) is 7.27. The minimum Gasteiger partial charge on any atom is -0.477 e. The molecule has 2 aliphatic rings. The first kappa shape index (κ1) is 18.0. The summed E-state index contributed by atoms with van der Waals surface area (Å²) in [4.78, 5) is 5.08. The van der Waals surface area contributed by atoms with Gasteiger partial charge in [-0.2, -0.15) is 5.10 Å². The van der Waals surface area contributed by atoms with E-state index in [2.05, 4.69) is 69.3 Å². The summed E-state index contributed by atoms with van der Waals surface area (Å²) in [7, 11) is 0. The third kappa shape index (κ3) is 2.61. The van der Waals surface area contributed by atoms with E-state index < -0.39 is 0 Å². The fraction of sp³-hybridized carbons (Fsp3) is 0.280. The summed E-state index contributed by atoms with van der Waals surface area (Å²) in [6.45, 7) is 7.06. The van der Waals surface area contributed by atoms with Crippen molar-refractivity contribution in [3.63, 3.8) is 0 Å². The molecular formula is C25H23N3OS. The molecule has 2 aromatic heterocycles. The van der Waals surface area contributed by atoms with E-state index in [1.165, 1.54) is 27.6 Å². The first-order valence-corrected chi connectivity index (χ1v) is 11.4. The molecule has 0 bridgehead atoms. The summed E-state index contributed by atoms with van der Waals surface area (Å²) in [6.07, 6.45) is 0. The Morgan fingerprint density at radius 2 is 1.90 bits per heavy atom. The predicted molar refractivity (Wildman–Crippen MR) is 121 cm³/mol. The largest absolute Gasteiger partial charge is 0.477 e. The number of fused-ring (bicyclic) bond motifs is 6. The van der Waals surface area contributed by atoms with Crippen molar-refractivity contribution in [2.24, 2.45) is 5.92 Å². The Morgan fingerprint density at radius 1 is 1.07 bits per heavy atom. The van der Waals surface area contributed by atoms with Gasteiger partial charge in [-0.15, -0.1) is 11.8 Å². The van der Waals surface area contributed by atoms with Crippen molar-refractivity contribution in [2.45, 2.75) is 31.7 Å². The number of hydrogen-bond donors (Lipinski definition) is 0. The van der Waals surface area contributed by atoms with Gasteiger partial charge in [-0.3, -0.25) is 0 Å². The Labute approximate surface area is 180 Å². The number of aryl methyl sites for hydroxylation is 3. The van der Waals surface area contributed by atoms with E-state index in [9.17, 15) is 0 Å². The molecule has 0 radical (unpaired) electrons. The van der Waals surface area contributed by atoms with Crippen LogP contribution in [0.2, 0.25) is 0 Å². The van der Waals surface area contributed by atoms with E-state index in [0.29, 0.717) is 12.5 Å². The minimum atomic E-state index is 0.279. The second-order valence-electron chi connectivity index (χ2n) is 8.44. The molecule has 0 spiro atoms. The highest BCUT2D eigenvalue weighted by Crippen LogP contribution is 2.51. The van der Waals surface area contributed by atoms with E-state index in [0.717, 1.165) is 33.6 Å². The smallest absolute Gasteiger partial charge is 0.220 e. The maximum atomic E-state index is 6.32. The lowest BCUT2D eigenvalue weighted by atomic mass is 9.80. The van der Waals surface area contributed by atoms with Gasteiger partial charge in [0.05, 0.1) is 23.5 Å². The lowest BCUT2D eigenvalue weighted by molar-refractivity contribution is 0.205. The van der Waals surface area contributed by atoms with Crippen molar-refractivity contribution in [1.82, 2.24) is 14.8 Å². The van der Waals surface area contributed by atoms with Gasteiger partial charge >= 0.3 is 0 Å². The van der Waals surface area contributed by atoms with Gasteiger partial charge in [0.15, 0.2) is 0 Å². The third-order valence-electron chi connectivity index (χ3n) is 6.37. The van der Waals surface area contributed by atoms with E-state index in [1.807, 2.05) is 16.4 Å². The summed E-state index contributed by atoms with van der Waals surface area (Å²) in [6, 6.07) is 17.2. The highest BCUT2D eigenvalue weighted by molar-refractivity contribution is 7.99. The molecule has 150 valence electrons. The van der Waals surface area contributed by atoms with Gasteiger partial charge < -0.3 is 4.74 Å². The normalized spacial score (nSPS) is 19.7. The number of rotatable bonds is 1. The number of hydrogen-bond acceptors (Lipinski definition) is 4. The van der Waals surface area contributed by atoms with Gasteiger partial charge in [0.2, 0.25) is 5.88 Å². The molecule has 4 nitrogen and oxygen atoms in total. The minimum absolute atomic E-state index is 0.279. The topological polar surface area (TPSA) is 39.9 Å². The summed E-state index contributed by atoms with van der Waals surface area (Å²) in [5.41, 5.74) is 8.22. The van der Waals surface area contributed by atoms with Crippen LogP contribution in [0, 0.1) is 26.7 Å². The van der Waals surface area contributed by atoms with Crippen LogP contribution in [0.1, 0.15) is 33.9 Å². The van der Waals surface area contributed by atoms with Gasteiger partial charge in [0.25, 0.3) is 0 Å². The zero-order valence-corrected chi connectivity index (χ0v) is 18.2. The van der Waals surface area contributed by atoms with Crippen molar-refractivity contribution < 1.29 is 4.74 Å². The average molecular weight is 414 g/mol. The molecule has 0 amide bonds. The van der Waals surface area contributed by atoms with Crippen LogP contribution < -0.4 is 4.74 Å². The molecule has 2 aromatic carbocycles. The molecule has 0 fully saturated rings. The lowest BCUT2D eigenvalue weighted by Crippen LogP contribution is -2.32. The second-order valence-corrected chi connectivity index (χ2v) is 9.45. The zero-order valence-electron chi connectivity index (χ0n) is 17.3. The van der Waals surface area contributed by atoms with Gasteiger partial charge in [-0.25, -0.2) is 9.67 Å².